The van der Waals surface area contributed by atoms with Crippen molar-refractivity contribution in [2.75, 3.05) is 7.11 Å². The van der Waals surface area contributed by atoms with E-state index in [1.54, 1.807) is 12.1 Å². The fraction of sp³-hybridized carbons (Fsp3) is 0.278. The van der Waals surface area contributed by atoms with Gasteiger partial charge in [-0.05, 0) is 30.7 Å². The summed E-state index contributed by atoms with van der Waals surface area (Å²) in [6, 6.07) is 6.59. The number of carbonyl (C=O) groups is 1. The van der Waals surface area contributed by atoms with E-state index < -0.39 is 17.8 Å². The zero-order valence-corrected chi connectivity index (χ0v) is 15.7. The van der Waals surface area contributed by atoms with Crippen LogP contribution in [0.3, 0.4) is 0 Å². The molecule has 2 aromatic carbocycles. The van der Waals surface area contributed by atoms with E-state index in [1.165, 1.54) is 32.2 Å². The first-order valence-electron chi connectivity index (χ1n) is 7.71. The highest BCUT2D eigenvalue weighted by Gasteiger charge is 2.14. The van der Waals surface area contributed by atoms with E-state index in [-0.39, 0.29) is 18.2 Å². The normalized spacial score (nSPS) is 11.9. The maximum atomic E-state index is 13.1. The molecule has 140 valence electrons. The van der Waals surface area contributed by atoms with Crippen molar-refractivity contribution in [2.24, 2.45) is 0 Å². The van der Waals surface area contributed by atoms with E-state index in [0.717, 1.165) is 0 Å². The van der Waals surface area contributed by atoms with Gasteiger partial charge in [0.05, 0.1) is 12.1 Å². The Kier molecular flexibility index (Phi) is 7.08. The van der Waals surface area contributed by atoms with Crippen molar-refractivity contribution < 1.29 is 23.8 Å². The molecule has 2 rings (SSSR count). The summed E-state index contributed by atoms with van der Waals surface area (Å²) in [6.45, 7) is 1.91. The van der Waals surface area contributed by atoms with Gasteiger partial charge in [0, 0.05) is 23.2 Å². The van der Waals surface area contributed by atoms with Gasteiger partial charge < -0.3 is 19.9 Å². The summed E-state index contributed by atoms with van der Waals surface area (Å²) in [4.78, 5) is 10.9. The van der Waals surface area contributed by atoms with Crippen LogP contribution < -0.4 is 14.8 Å². The molecule has 0 aromatic heterocycles. The van der Waals surface area contributed by atoms with Gasteiger partial charge in [-0.1, -0.05) is 29.3 Å². The van der Waals surface area contributed by atoms with Gasteiger partial charge in [0.25, 0.3) is 0 Å². The van der Waals surface area contributed by atoms with Crippen LogP contribution in [-0.4, -0.2) is 24.2 Å². The van der Waals surface area contributed by atoms with Crippen LogP contribution in [0.25, 0.3) is 0 Å². The van der Waals surface area contributed by atoms with E-state index in [4.69, 9.17) is 37.8 Å². The lowest BCUT2D eigenvalue weighted by Crippen LogP contribution is -2.33. The molecule has 1 unspecified atom stereocenters. The molecule has 0 saturated heterocycles. The highest BCUT2D eigenvalue weighted by atomic mass is 35.5. The number of carboxylic acid groups (broad SMARTS) is 1. The lowest BCUT2D eigenvalue weighted by molar-refractivity contribution is -0.139. The maximum Gasteiger partial charge on any atom is 0.320 e. The maximum absolute atomic E-state index is 13.1. The molecule has 2 N–H and O–H groups in total. The molecular formula is C18H18Cl2FNO4. The molecule has 0 fully saturated rings. The molecule has 0 spiro atoms. The smallest absolute Gasteiger partial charge is 0.320 e. The Morgan fingerprint density at radius 3 is 2.50 bits per heavy atom. The molecule has 0 bridgehead atoms. The molecule has 5 nitrogen and oxygen atoms in total. The third-order valence-corrected chi connectivity index (χ3v) is 4.40. The van der Waals surface area contributed by atoms with E-state index in [0.29, 0.717) is 27.6 Å². The number of aliphatic carboxylic acids is 1. The minimum Gasteiger partial charge on any atom is -0.493 e. The van der Waals surface area contributed by atoms with Crippen molar-refractivity contribution in [3.63, 3.8) is 0 Å². The van der Waals surface area contributed by atoms with Gasteiger partial charge in [0.2, 0.25) is 0 Å². The quantitative estimate of drug-likeness (QED) is 0.690. The SMILES string of the molecule is COc1cc(CNC(C)C(=O)O)c(Cl)cc1OCc1ccc(F)cc1Cl. The predicted molar refractivity (Wildman–Crippen MR) is 97.7 cm³/mol. The Morgan fingerprint density at radius 1 is 1.19 bits per heavy atom. The molecule has 26 heavy (non-hydrogen) atoms. The molecule has 2 aromatic rings. The van der Waals surface area contributed by atoms with Crippen LogP contribution in [0.2, 0.25) is 10.0 Å². The highest BCUT2D eigenvalue weighted by Crippen LogP contribution is 2.34. The van der Waals surface area contributed by atoms with E-state index in [2.05, 4.69) is 5.32 Å². The molecule has 0 amide bonds. The van der Waals surface area contributed by atoms with Crippen molar-refractivity contribution in [1.29, 1.82) is 0 Å². The van der Waals surface area contributed by atoms with Crippen molar-refractivity contribution in [2.45, 2.75) is 26.1 Å². The average Bonchev–Trinajstić information content (AvgIpc) is 2.59. The second-order valence-electron chi connectivity index (χ2n) is 5.56. The first-order chi connectivity index (χ1) is 12.3. The van der Waals surface area contributed by atoms with Crippen LogP contribution in [-0.2, 0) is 17.9 Å². The Morgan fingerprint density at radius 2 is 1.88 bits per heavy atom. The molecule has 8 heteroatoms. The van der Waals surface area contributed by atoms with Gasteiger partial charge >= 0.3 is 5.97 Å². The molecule has 0 saturated carbocycles. The molecule has 0 radical (unpaired) electrons. The van der Waals surface area contributed by atoms with Crippen LogP contribution in [0.15, 0.2) is 30.3 Å². The van der Waals surface area contributed by atoms with Gasteiger partial charge in [-0.25, -0.2) is 4.39 Å². The second kappa shape index (κ2) is 9.07. The average molecular weight is 402 g/mol. The molecule has 0 aliphatic rings. The highest BCUT2D eigenvalue weighted by molar-refractivity contribution is 6.31. The topological polar surface area (TPSA) is 67.8 Å². The standard InChI is InChI=1S/C18H18Cl2FNO4/c1-10(18(23)24)22-8-12-5-16(25-2)17(7-15(12)20)26-9-11-3-4-13(21)6-14(11)19/h3-7,10,22H,8-9H2,1-2H3,(H,23,24). The minimum atomic E-state index is -0.954. The molecule has 0 heterocycles. The minimum absolute atomic E-state index is 0.111. The summed E-state index contributed by atoms with van der Waals surface area (Å²) in [7, 11) is 1.48. The zero-order valence-electron chi connectivity index (χ0n) is 14.2. The summed E-state index contributed by atoms with van der Waals surface area (Å²) in [5.74, 6) is -0.545. The van der Waals surface area contributed by atoms with Gasteiger partial charge in [-0.3, -0.25) is 4.79 Å². The van der Waals surface area contributed by atoms with Gasteiger partial charge in [-0.2, -0.15) is 0 Å². The molecular weight excluding hydrogens is 384 g/mol. The van der Waals surface area contributed by atoms with Gasteiger partial charge in [0.15, 0.2) is 11.5 Å². The zero-order chi connectivity index (χ0) is 19.3. The summed E-state index contributed by atoms with van der Waals surface area (Å²) in [6.07, 6.45) is 0. The number of hydrogen-bond acceptors (Lipinski definition) is 4. The fourth-order valence-corrected chi connectivity index (χ4v) is 2.57. The number of carboxylic acids is 1. The summed E-state index contributed by atoms with van der Waals surface area (Å²) in [5, 5.41) is 12.4. The van der Waals surface area contributed by atoms with Crippen molar-refractivity contribution in [3.8, 4) is 11.5 Å². The number of nitrogens with one attached hydrogen (secondary N) is 1. The van der Waals surface area contributed by atoms with Crippen LogP contribution in [0, 0.1) is 5.82 Å². The molecule has 0 aliphatic carbocycles. The molecule has 1 atom stereocenters. The first kappa shape index (κ1) is 20.3. The Hall–Kier alpha value is -2.02. The number of benzene rings is 2. The van der Waals surface area contributed by atoms with Crippen molar-refractivity contribution in [1.82, 2.24) is 5.32 Å². The van der Waals surface area contributed by atoms with Crippen LogP contribution >= 0.6 is 23.2 Å². The third-order valence-electron chi connectivity index (χ3n) is 3.70. The summed E-state index contributed by atoms with van der Waals surface area (Å²) < 4.78 is 24.1. The summed E-state index contributed by atoms with van der Waals surface area (Å²) in [5.41, 5.74) is 1.29. The van der Waals surface area contributed by atoms with Gasteiger partial charge in [0.1, 0.15) is 18.5 Å². The van der Waals surface area contributed by atoms with Gasteiger partial charge in [-0.15, -0.1) is 0 Å². The number of ether oxygens (including phenoxy) is 2. The lowest BCUT2D eigenvalue weighted by atomic mass is 10.1. The fourth-order valence-electron chi connectivity index (χ4n) is 2.13. The Bertz CT molecular complexity index is 801. The Labute approximate surface area is 160 Å². The summed E-state index contributed by atoms with van der Waals surface area (Å²) >= 11 is 12.2. The van der Waals surface area contributed by atoms with Crippen molar-refractivity contribution in [3.05, 3.63) is 57.3 Å². The predicted octanol–water partition coefficient (Wildman–Crippen LogP) is 4.28. The second-order valence-corrected chi connectivity index (χ2v) is 6.37. The van der Waals surface area contributed by atoms with Crippen molar-refractivity contribution >= 4 is 29.2 Å². The monoisotopic (exact) mass is 401 g/mol. The number of methoxy groups -OCH3 is 1. The Balaban J connectivity index is 2.13. The third kappa shape index (κ3) is 5.24. The van der Waals surface area contributed by atoms with E-state index >= 15 is 0 Å². The van der Waals surface area contributed by atoms with Crippen LogP contribution in [0.1, 0.15) is 18.1 Å². The molecule has 0 aliphatic heterocycles. The van der Waals surface area contributed by atoms with Crippen LogP contribution in [0.5, 0.6) is 11.5 Å². The first-order valence-corrected chi connectivity index (χ1v) is 8.46. The lowest BCUT2D eigenvalue weighted by Gasteiger charge is -2.15. The largest absolute Gasteiger partial charge is 0.493 e. The van der Waals surface area contributed by atoms with E-state index in [1.807, 2.05) is 0 Å². The van der Waals surface area contributed by atoms with Crippen LogP contribution in [0.4, 0.5) is 4.39 Å². The number of rotatable bonds is 8. The number of halogens is 3. The van der Waals surface area contributed by atoms with E-state index in [9.17, 15) is 9.18 Å². The number of hydrogen-bond donors (Lipinski definition) is 2.